The van der Waals surface area contributed by atoms with Crippen LogP contribution in [0.3, 0.4) is 0 Å². The van der Waals surface area contributed by atoms with Gasteiger partial charge < -0.3 is 10.3 Å². The highest BCUT2D eigenvalue weighted by atomic mass is 19.1. The average molecular weight is 411 g/mol. The summed E-state index contributed by atoms with van der Waals surface area (Å²) in [6.45, 7) is 3.83. The summed E-state index contributed by atoms with van der Waals surface area (Å²) >= 11 is 0. The summed E-state index contributed by atoms with van der Waals surface area (Å²) in [5, 5.41) is 2.90. The van der Waals surface area contributed by atoms with Crippen molar-refractivity contribution in [1.82, 2.24) is 15.3 Å². The molecule has 3 rings (SSSR count). The SMILES string of the molecule is CC(C)c1nc(C[C@H](NC(=O)Cc2cccc(F)c2)c2ccc(F)cc2)cc(=O)[nH]1. The molecule has 0 fully saturated rings. The maximum Gasteiger partial charge on any atom is 0.251 e. The van der Waals surface area contributed by atoms with Gasteiger partial charge in [0.1, 0.15) is 17.5 Å². The highest BCUT2D eigenvalue weighted by molar-refractivity contribution is 5.79. The van der Waals surface area contributed by atoms with E-state index in [4.69, 9.17) is 0 Å². The minimum absolute atomic E-state index is 0.00446. The summed E-state index contributed by atoms with van der Waals surface area (Å²) < 4.78 is 26.8. The topological polar surface area (TPSA) is 74.8 Å². The minimum atomic E-state index is -0.527. The van der Waals surface area contributed by atoms with Gasteiger partial charge >= 0.3 is 0 Å². The number of carbonyl (C=O) groups excluding carboxylic acids is 1. The Morgan fingerprint density at radius 2 is 1.80 bits per heavy atom. The molecule has 1 amide bonds. The summed E-state index contributed by atoms with van der Waals surface area (Å²) in [6, 6.07) is 12.5. The van der Waals surface area contributed by atoms with E-state index in [1.165, 1.54) is 30.3 Å². The fraction of sp³-hybridized carbons (Fsp3) is 0.261. The normalized spacial score (nSPS) is 12.0. The Bertz CT molecular complexity index is 1080. The summed E-state index contributed by atoms with van der Waals surface area (Å²) in [5.41, 5.74) is 1.47. The molecule has 0 aliphatic heterocycles. The van der Waals surface area contributed by atoms with E-state index in [0.717, 1.165) is 0 Å². The molecule has 1 heterocycles. The van der Waals surface area contributed by atoms with Gasteiger partial charge in [-0.25, -0.2) is 13.8 Å². The standard InChI is InChI=1S/C23H23F2N3O2/c1-14(2)23-26-19(13-22(30)28-23)12-20(16-6-8-17(24)9-7-16)27-21(29)11-15-4-3-5-18(25)10-15/h3-10,13-14,20H,11-12H2,1-2H3,(H,27,29)(H,26,28,30)/t20-/m0/s1. The van der Waals surface area contributed by atoms with Gasteiger partial charge in [-0.3, -0.25) is 9.59 Å². The number of amides is 1. The van der Waals surface area contributed by atoms with Crippen LogP contribution in [0.2, 0.25) is 0 Å². The van der Waals surface area contributed by atoms with Crippen LogP contribution in [0.5, 0.6) is 0 Å². The molecule has 5 nitrogen and oxygen atoms in total. The molecule has 0 bridgehead atoms. The number of rotatable bonds is 7. The summed E-state index contributed by atoms with van der Waals surface area (Å²) in [4.78, 5) is 31.8. The van der Waals surface area contributed by atoms with Crippen LogP contribution in [0.25, 0.3) is 0 Å². The fourth-order valence-corrected chi connectivity index (χ4v) is 3.14. The molecule has 0 radical (unpaired) electrons. The van der Waals surface area contributed by atoms with E-state index in [1.807, 2.05) is 13.8 Å². The molecule has 2 N–H and O–H groups in total. The van der Waals surface area contributed by atoms with Crippen molar-refractivity contribution < 1.29 is 13.6 Å². The molecule has 2 aromatic carbocycles. The maximum atomic E-state index is 13.4. The molecule has 0 saturated carbocycles. The van der Waals surface area contributed by atoms with Gasteiger partial charge in [0.25, 0.3) is 5.56 Å². The Kier molecular flexibility index (Phi) is 6.72. The first kappa shape index (κ1) is 21.4. The second-order valence-corrected chi connectivity index (χ2v) is 7.46. The monoisotopic (exact) mass is 411 g/mol. The third-order valence-electron chi connectivity index (χ3n) is 4.63. The second kappa shape index (κ2) is 9.43. The van der Waals surface area contributed by atoms with E-state index in [-0.39, 0.29) is 36.0 Å². The number of nitrogens with zero attached hydrogens (tertiary/aromatic N) is 1. The molecule has 30 heavy (non-hydrogen) atoms. The molecule has 0 aliphatic rings. The number of aromatic amines is 1. The highest BCUT2D eigenvalue weighted by Gasteiger charge is 2.18. The van der Waals surface area contributed by atoms with Crippen molar-refractivity contribution in [2.45, 2.75) is 38.6 Å². The quantitative estimate of drug-likeness (QED) is 0.621. The third-order valence-corrected chi connectivity index (χ3v) is 4.63. The van der Waals surface area contributed by atoms with E-state index in [2.05, 4.69) is 15.3 Å². The fourth-order valence-electron chi connectivity index (χ4n) is 3.14. The largest absolute Gasteiger partial charge is 0.349 e. The minimum Gasteiger partial charge on any atom is -0.349 e. The van der Waals surface area contributed by atoms with Crippen molar-refractivity contribution in [1.29, 1.82) is 0 Å². The molecular weight excluding hydrogens is 388 g/mol. The smallest absolute Gasteiger partial charge is 0.251 e. The molecule has 0 unspecified atom stereocenters. The predicted octanol–water partition coefficient (Wildman–Crippen LogP) is 3.81. The number of carbonyl (C=O) groups is 1. The Morgan fingerprint density at radius 3 is 2.47 bits per heavy atom. The zero-order valence-electron chi connectivity index (χ0n) is 16.8. The van der Waals surface area contributed by atoms with Crippen molar-refractivity contribution in [3.63, 3.8) is 0 Å². The van der Waals surface area contributed by atoms with Crippen LogP contribution in [0, 0.1) is 11.6 Å². The number of halogens is 2. The molecular formula is C23H23F2N3O2. The second-order valence-electron chi connectivity index (χ2n) is 7.46. The third kappa shape index (κ3) is 5.83. The number of hydrogen-bond acceptors (Lipinski definition) is 3. The van der Waals surface area contributed by atoms with Gasteiger partial charge in [0.2, 0.25) is 5.91 Å². The molecule has 1 atom stereocenters. The number of nitrogens with one attached hydrogen (secondary N) is 2. The molecule has 0 aliphatic carbocycles. The first-order valence-corrected chi connectivity index (χ1v) is 9.69. The van der Waals surface area contributed by atoms with Gasteiger partial charge in [0, 0.05) is 18.4 Å². The summed E-state index contributed by atoms with van der Waals surface area (Å²) in [5.74, 6) is -0.529. The summed E-state index contributed by atoms with van der Waals surface area (Å²) in [6.07, 6.45) is 0.250. The van der Waals surface area contributed by atoms with Gasteiger partial charge in [0.05, 0.1) is 18.2 Å². The first-order valence-electron chi connectivity index (χ1n) is 9.69. The predicted molar refractivity (Wildman–Crippen MR) is 110 cm³/mol. The van der Waals surface area contributed by atoms with Gasteiger partial charge in [-0.05, 0) is 35.4 Å². The molecule has 156 valence electrons. The Balaban J connectivity index is 1.84. The van der Waals surface area contributed by atoms with E-state index in [9.17, 15) is 18.4 Å². The number of benzene rings is 2. The number of hydrogen-bond donors (Lipinski definition) is 2. The van der Waals surface area contributed by atoms with Crippen molar-refractivity contribution >= 4 is 5.91 Å². The van der Waals surface area contributed by atoms with Crippen molar-refractivity contribution in [3.8, 4) is 0 Å². The van der Waals surface area contributed by atoms with Crippen LogP contribution < -0.4 is 10.9 Å². The number of H-pyrrole nitrogens is 1. The van der Waals surface area contributed by atoms with Crippen LogP contribution in [0.4, 0.5) is 8.78 Å². The lowest BCUT2D eigenvalue weighted by atomic mass is 10.0. The van der Waals surface area contributed by atoms with E-state index < -0.39 is 11.9 Å². The van der Waals surface area contributed by atoms with E-state index >= 15 is 0 Å². The molecule has 3 aromatic rings. The molecule has 1 aromatic heterocycles. The highest BCUT2D eigenvalue weighted by Crippen LogP contribution is 2.19. The lowest BCUT2D eigenvalue weighted by Crippen LogP contribution is -2.32. The summed E-state index contributed by atoms with van der Waals surface area (Å²) in [7, 11) is 0. The van der Waals surface area contributed by atoms with Crippen LogP contribution in [0.1, 0.15) is 48.5 Å². The first-order chi connectivity index (χ1) is 14.3. The van der Waals surface area contributed by atoms with Gasteiger partial charge in [-0.15, -0.1) is 0 Å². The van der Waals surface area contributed by atoms with E-state index in [1.54, 1.807) is 24.3 Å². The van der Waals surface area contributed by atoms with Crippen LogP contribution in [-0.2, 0) is 17.6 Å². The molecule has 7 heteroatoms. The van der Waals surface area contributed by atoms with Crippen molar-refractivity contribution in [2.75, 3.05) is 0 Å². The Labute approximate surface area is 173 Å². The van der Waals surface area contributed by atoms with Crippen LogP contribution >= 0.6 is 0 Å². The lowest BCUT2D eigenvalue weighted by molar-refractivity contribution is -0.121. The Morgan fingerprint density at radius 1 is 1.07 bits per heavy atom. The van der Waals surface area contributed by atoms with Gasteiger partial charge in [-0.2, -0.15) is 0 Å². The average Bonchev–Trinajstić information content (AvgIpc) is 2.67. The lowest BCUT2D eigenvalue weighted by Gasteiger charge is -2.20. The zero-order valence-corrected chi connectivity index (χ0v) is 16.8. The Hall–Kier alpha value is -3.35. The van der Waals surface area contributed by atoms with Gasteiger partial charge in [0.15, 0.2) is 0 Å². The maximum absolute atomic E-state index is 13.4. The van der Waals surface area contributed by atoms with Gasteiger partial charge in [-0.1, -0.05) is 38.1 Å². The van der Waals surface area contributed by atoms with Crippen LogP contribution in [0.15, 0.2) is 59.4 Å². The molecule has 0 saturated heterocycles. The van der Waals surface area contributed by atoms with E-state index in [0.29, 0.717) is 22.6 Å². The van der Waals surface area contributed by atoms with Crippen LogP contribution in [-0.4, -0.2) is 15.9 Å². The zero-order chi connectivity index (χ0) is 21.7. The molecule has 0 spiro atoms. The number of aromatic nitrogens is 2. The van der Waals surface area contributed by atoms with Crippen molar-refractivity contribution in [3.05, 3.63) is 99.2 Å². The van der Waals surface area contributed by atoms with Crippen molar-refractivity contribution in [2.24, 2.45) is 0 Å².